The molecule has 0 amide bonds. The number of benzene rings is 1. The molecule has 0 heterocycles. The molecule has 1 aromatic rings. The summed E-state index contributed by atoms with van der Waals surface area (Å²) in [5, 5.41) is 9.05. The van der Waals surface area contributed by atoms with Gasteiger partial charge in [0.1, 0.15) is 10.7 Å². The summed E-state index contributed by atoms with van der Waals surface area (Å²) in [4.78, 5) is -0.423. The summed E-state index contributed by atoms with van der Waals surface area (Å²) < 4.78 is 39.4. The van der Waals surface area contributed by atoms with Crippen molar-refractivity contribution in [2.45, 2.75) is 29.9 Å². The molecule has 0 bridgehead atoms. The molecule has 7 heteroatoms. The van der Waals surface area contributed by atoms with E-state index in [1.807, 2.05) is 0 Å². The number of sulfonamides is 1. The molecular weight excluding hydrogens is 247 g/mol. The first-order valence-electron chi connectivity index (χ1n) is 5.14. The Morgan fingerprint density at radius 3 is 2.59 bits per heavy atom. The molecule has 4 N–H and O–H groups in total. The van der Waals surface area contributed by atoms with Crippen LogP contribution < -0.4 is 10.5 Å². The van der Waals surface area contributed by atoms with Crippen LogP contribution in [-0.4, -0.2) is 25.7 Å². The van der Waals surface area contributed by atoms with Crippen molar-refractivity contribution in [3.63, 3.8) is 0 Å². The predicted molar refractivity (Wildman–Crippen MR) is 60.2 cm³/mol. The van der Waals surface area contributed by atoms with Crippen LogP contribution in [0.3, 0.4) is 0 Å². The van der Waals surface area contributed by atoms with E-state index in [1.165, 1.54) is 6.07 Å². The van der Waals surface area contributed by atoms with E-state index in [0.29, 0.717) is 12.8 Å². The lowest BCUT2D eigenvalue weighted by Crippen LogP contribution is -2.46. The average Bonchev–Trinajstić information content (AvgIpc) is 2.14. The number of halogens is 1. The molecule has 0 aromatic heterocycles. The van der Waals surface area contributed by atoms with E-state index in [4.69, 9.17) is 10.8 Å². The van der Waals surface area contributed by atoms with Crippen LogP contribution >= 0.6 is 0 Å². The van der Waals surface area contributed by atoms with Gasteiger partial charge < -0.3 is 10.8 Å². The summed E-state index contributed by atoms with van der Waals surface area (Å²) in [6, 6.07) is 3.09. The molecule has 0 aliphatic heterocycles. The minimum absolute atomic E-state index is 0.167. The quantitative estimate of drug-likeness (QED) is 0.677. The van der Waals surface area contributed by atoms with Crippen molar-refractivity contribution in [2.24, 2.45) is 0 Å². The highest BCUT2D eigenvalue weighted by molar-refractivity contribution is 7.89. The maximum absolute atomic E-state index is 13.4. The molecule has 2 rings (SSSR count). The highest BCUT2D eigenvalue weighted by Crippen LogP contribution is 2.23. The molecular formula is C10H13FN2O3S. The second kappa shape index (κ2) is 4.25. The zero-order chi connectivity index (χ0) is 12.6. The Balaban J connectivity index is 2.20. The molecule has 1 saturated carbocycles. The van der Waals surface area contributed by atoms with Crippen molar-refractivity contribution >= 4 is 15.7 Å². The molecule has 0 radical (unpaired) electrons. The van der Waals surface area contributed by atoms with E-state index in [1.54, 1.807) is 0 Å². The summed E-state index contributed by atoms with van der Waals surface area (Å²) in [6.45, 7) is 0. The van der Waals surface area contributed by atoms with Gasteiger partial charge in [-0.2, -0.15) is 0 Å². The van der Waals surface area contributed by atoms with Crippen LogP contribution in [0.25, 0.3) is 0 Å². The second-order valence-electron chi connectivity index (χ2n) is 4.13. The zero-order valence-electron chi connectivity index (χ0n) is 8.93. The molecule has 1 aromatic carbocycles. The maximum Gasteiger partial charge on any atom is 0.243 e. The smallest absolute Gasteiger partial charge is 0.243 e. The fraction of sp³-hybridized carbons (Fsp3) is 0.400. The number of aliphatic hydroxyl groups is 1. The van der Waals surface area contributed by atoms with Crippen LogP contribution in [0.15, 0.2) is 23.1 Å². The zero-order valence-corrected chi connectivity index (χ0v) is 9.74. The fourth-order valence-electron chi connectivity index (χ4n) is 1.70. The molecule has 1 fully saturated rings. The lowest BCUT2D eigenvalue weighted by Gasteiger charge is -2.31. The van der Waals surface area contributed by atoms with Gasteiger partial charge in [0.15, 0.2) is 0 Å². The number of nitrogens with one attached hydrogen (secondary N) is 1. The Morgan fingerprint density at radius 2 is 2.06 bits per heavy atom. The van der Waals surface area contributed by atoms with Gasteiger partial charge >= 0.3 is 0 Å². The number of rotatable bonds is 3. The van der Waals surface area contributed by atoms with Crippen molar-refractivity contribution in [1.82, 2.24) is 4.72 Å². The van der Waals surface area contributed by atoms with Crippen molar-refractivity contribution in [1.29, 1.82) is 0 Å². The fourth-order valence-corrected chi connectivity index (χ4v) is 3.02. The van der Waals surface area contributed by atoms with Crippen LogP contribution in [-0.2, 0) is 10.0 Å². The van der Waals surface area contributed by atoms with Crippen LogP contribution in [0.5, 0.6) is 0 Å². The maximum atomic E-state index is 13.4. The highest BCUT2D eigenvalue weighted by atomic mass is 32.2. The topological polar surface area (TPSA) is 92.4 Å². The molecule has 1 aliphatic carbocycles. The summed E-state index contributed by atoms with van der Waals surface area (Å²) >= 11 is 0. The standard InChI is InChI=1S/C10H13FN2O3S/c11-9-3-6(12)1-2-10(9)17(15,16)13-7-4-8(14)5-7/h1-3,7-8,13-14H,4-5,12H2. The minimum Gasteiger partial charge on any atom is -0.399 e. The number of anilines is 1. The number of nitrogen functional groups attached to an aromatic ring is 1. The molecule has 94 valence electrons. The third-order valence-corrected chi connectivity index (χ3v) is 4.23. The molecule has 5 nitrogen and oxygen atoms in total. The Kier molecular flexibility index (Phi) is 3.07. The Bertz CT molecular complexity index is 526. The third kappa shape index (κ3) is 2.56. The van der Waals surface area contributed by atoms with Crippen molar-refractivity contribution < 1.29 is 17.9 Å². The molecule has 17 heavy (non-hydrogen) atoms. The van der Waals surface area contributed by atoms with Gasteiger partial charge in [-0.15, -0.1) is 0 Å². The minimum atomic E-state index is -3.88. The van der Waals surface area contributed by atoms with E-state index < -0.39 is 26.8 Å². The van der Waals surface area contributed by atoms with E-state index in [2.05, 4.69) is 4.72 Å². The lowest BCUT2D eigenvalue weighted by atomic mass is 9.91. The Hall–Kier alpha value is -1.18. The summed E-state index contributed by atoms with van der Waals surface area (Å²) in [6.07, 6.45) is 0.241. The lowest BCUT2D eigenvalue weighted by molar-refractivity contribution is 0.0712. The number of hydrogen-bond donors (Lipinski definition) is 3. The van der Waals surface area contributed by atoms with Gasteiger partial charge in [-0.1, -0.05) is 0 Å². The first-order chi connectivity index (χ1) is 7.88. The SMILES string of the molecule is Nc1ccc(S(=O)(=O)NC2CC(O)C2)c(F)c1. The molecule has 0 spiro atoms. The second-order valence-corrected chi connectivity index (χ2v) is 5.82. The summed E-state index contributed by atoms with van der Waals surface area (Å²) in [7, 11) is -3.88. The molecule has 0 atom stereocenters. The van der Waals surface area contributed by atoms with Gasteiger partial charge in [-0.3, -0.25) is 0 Å². The van der Waals surface area contributed by atoms with Crippen molar-refractivity contribution in [3.05, 3.63) is 24.0 Å². The van der Waals surface area contributed by atoms with E-state index in [9.17, 15) is 12.8 Å². The van der Waals surface area contributed by atoms with E-state index in [-0.39, 0.29) is 11.7 Å². The summed E-state index contributed by atoms with van der Waals surface area (Å²) in [5.74, 6) is -0.877. The predicted octanol–water partition coefficient (Wildman–Crippen LogP) is 0.209. The van der Waals surface area contributed by atoms with E-state index in [0.717, 1.165) is 12.1 Å². The first-order valence-corrected chi connectivity index (χ1v) is 6.62. The van der Waals surface area contributed by atoms with Gasteiger partial charge in [0.05, 0.1) is 6.10 Å². The molecule has 1 aliphatic rings. The number of aliphatic hydroxyl groups excluding tert-OH is 1. The van der Waals surface area contributed by atoms with Gasteiger partial charge in [-0.25, -0.2) is 17.5 Å². The summed E-state index contributed by atoms with van der Waals surface area (Å²) in [5.41, 5.74) is 5.51. The monoisotopic (exact) mass is 260 g/mol. The largest absolute Gasteiger partial charge is 0.399 e. The van der Waals surface area contributed by atoms with Crippen LogP contribution in [0.1, 0.15) is 12.8 Å². The normalized spacial score (nSPS) is 24.4. The van der Waals surface area contributed by atoms with Crippen molar-refractivity contribution in [3.8, 4) is 0 Å². The molecule has 0 unspecified atom stereocenters. The Morgan fingerprint density at radius 1 is 1.41 bits per heavy atom. The number of hydrogen-bond acceptors (Lipinski definition) is 4. The van der Waals surface area contributed by atoms with Crippen LogP contribution in [0.2, 0.25) is 0 Å². The first kappa shape index (κ1) is 12.3. The van der Waals surface area contributed by atoms with Crippen molar-refractivity contribution in [2.75, 3.05) is 5.73 Å². The Labute approximate surface area is 98.5 Å². The van der Waals surface area contributed by atoms with E-state index >= 15 is 0 Å². The van der Waals surface area contributed by atoms with Gasteiger partial charge in [0, 0.05) is 11.7 Å². The van der Waals surface area contributed by atoms with Gasteiger partial charge in [0.2, 0.25) is 10.0 Å². The third-order valence-electron chi connectivity index (χ3n) is 2.68. The average molecular weight is 260 g/mol. The van der Waals surface area contributed by atoms with Crippen LogP contribution in [0, 0.1) is 5.82 Å². The van der Waals surface area contributed by atoms with Crippen LogP contribution in [0.4, 0.5) is 10.1 Å². The van der Waals surface area contributed by atoms with Gasteiger partial charge in [-0.05, 0) is 31.0 Å². The van der Waals surface area contributed by atoms with Gasteiger partial charge in [0.25, 0.3) is 0 Å². The highest BCUT2D eigenvalue weighted by Gasteiger charge is 2.32. The number of nitrogens with two attached hydrogens (primary N) is 1. The molecule has 0 saturated heterocycles.